The van der Waals surface area contributed by atoms with Gasteiger partial charge >= 0.3 is 0 Å². The van der Waals surface area contributed by atoms with Gasteiger partial charge in [0.05, 0.1) is 5.69 Å². The molecule has 1 aliphatic rings. The minimum atomic E-state index is -3.46. The van der Waals surface area contributed by atoms with Gasteiger partial charge in [-0.15, -0.1) is 11.3 Å². The normalized spacial score (nSPS) is 16.1. The standard InChI is InChI=1S/C18H20N4O2S2/c1-20-17(7-8-19-20)15-13-18(25-14-15)26(23,24)22-11-9-21(10-12-22)16-5-3-2-4-6-16/h2-8,13-14H,9-12H2,1H3. The fraction of sp³-hybridized carbons (Fsp3) is 0.278. The fourth-order valence-electron chi connectivity index (χ4n) is 3.20. The topological polar surface area (TPSA) is 58.4 Å². The van der Waals surface area contributed by atoms with E-state index in [4.69, 9.17) is 0 Å². The highest BCUT2D eigenvalue weighted by Crippen LogP contribution is 2.30. The van der Waals surface area contributed by atoms with Gasteiger partial charge in [-0.25, -0.2) is 8.42 Å². The number of aromatic nitrogens is 2. The Morgan fingerprint density at radius 2 is 1.77 bits per heavy atom. The molecule has 0 bridgehead atoms. The van der Waals surface area contributed by atoms with Gasteiger partial charge in [0.1, 0.15) is 4.21 Å². The predicted molar refractivity (Wildman–Crippen MR) is 104 cm³/mol. The zero-order valence-corrected chi connectivity index (χ0v) is 16.1. The Morgan fingerprint density at radius 3 is 2.42 bits per heavy atom. The average Bonchev–Trinajstić information content (AvgIpc) is 3.32. The molecule has 0 saturated carbocycles. The summed E-state index contributed by atoms with van der Waals surface area (Å²) in [5.41, 5.74) is 2.94. The summed E-state index contributed by atoms with van der Waals surface area (Å²) in [4.78, 5) is 2.22. The number of para-hydroxylation sites is 1. The second kappa shape index (κ2) is 6.86. The number of sulfonamides is 1. The van der Waals surface area contributed by atoms with Crippen molar-refractivity contribution in [2.24, 2.45) is 7.05 Å². The van der Waals surface area contributed by atoms with Gasteiger partial charge in [-0.05, 0) is 24.3 Å². The number of nitrogens with zero attached hydrogens (tertiary/aromatic N) is 4. The third kappa shape index (κ3) is 3.15. The maximum absolute atomic E-state index is 13.0. The Balaban J connectivity index is 1.50. The Morgan fingerprint density at radius 1 is 1.04 bits per heavy atom. The number of hydrogen-bond donors (Lipinski definition) is 0. The van der Waals surface area contributed by atoms with E-state index in [-0.39, 0.29) is 0 Å². The monoisotopic (exact) mass is 388 g/mol. The van der Waals surface area contributed by atoms with E-state index in [9.17, 15) is 8.42 Å². The molecule has 1 saturated heterocycles. The van der Waals surface area contributed by atoms with Crippen LogP contribution in [0.3, 0.4) is 0 Å². The first-order chi connectivity index (χ1) is 12.6. The van der Waals surface area contributed by atoms with Crippen molar-refractivity contribution in [1.82, 2.24) is 14.1 Å². The van der Waals surface area contributed by atoms with Crippen LogP contribution in [0.5, 0.6) is 0 Å². The first-order valence-electron chi connectivity index (χ1n) is 8.43. The van der Waals surface area contributed by atoms with E-state index in [1.807, 2.05) is 36.7 Å². The molecule has 136 valence electrons. The summed E-state index contributed by atoms with van der Waals surface area (Å²) in [7, 11) is -1.60. The van der Waals surface area contributed by atoms with E-state index in [0.29, 0.717) is 30.4 Å². The zero-order valence-electron chi connectivity index (χ0n) is 14.4. The molecule has 0 spiro atoms. The highest BCUT2D eigenvalue weighted by atomic mass is 32.2. The summed E-state index contributed by atoms with van der Waals surface area (Å²) < 4.78 is 29.7. The van der Waals surface area contributed by atoms with Crippen LogP contribution in [0.1, 0.15) is 0 Å². The van der Waals surface area contributed by atoms with E-state index < -0.39 is 10.0 Å². The van der Waals surface area contributed by atoms with Crippen molar-refractivity contribution < 1.29 is 8.42 Å². The van der Waals surface area contributed by atoms with Crippen molar-refractivity contribution in [3.63, 3.8) is 0 Å². The third-order valence-corrected chi connectivity index (χ3v) is 7.96. The van der Waals surface area contributed by atoms with Crippen LogP contribution in [0.4, 0.5) is 5.69 Å². The van der Waals surface area contributed by atoms with Crippen molar-refractivity contribution in [3.05, 3.63) is 54.0 Å². The minimum absolute atomic E-state index is 0.391. The second-order valence-electron chi connectivity index (χ2n) is 6.22. The molecule has 2 aromatic heterocycles. The van der Waals surface area contributed by atoms with Gasteiger partial charge in [-0.1, -0.05) is 18.2 Å². The van der Waals surface area contributed by atoms with Gasteiger partial charge in [0.15, 0.2) is 0 Å². The van der Waals surface area contributed by atoms with Gasteiger partial charge in [0.2, 0.25) is 0 Å². The van der Waals surface area contributed by atoms with E-state index in [0.717, 1.165) is 16.9 Å². The first-order valence-corrected chi connectivity index (χ1v) is 10.7. The molecule has 0 N–H and O–H groups in total. The zero-order chi connectivity index (χ0) is 18.1. The number of benzene rings is 1. The maximum atomic E-state index is 13.0. The van der Waals surface area contributed by atoms with E-state index >= 15 is 0 Å². The number of thiophene rings is 1. The smallest absolute Gasteiger partial charge is 0.252 e. The number of rotatable bonds is 4. The maximum Gasteiger partial charge on any atom is 0.252 e. The highest BCUT2D eigenvalue weighted by Gasteiger charge is 2.30. The van der Waals surface area contributed by atoms with Gasteiger partial charge < -0.3 is 4.90 Å². The molecule has 4 rings (SSSR count). The Hall–Kier alpha value is -2.16. The van der Waals surface area contributed by atoms with Crippen molar-refractivity contribution >= 4 is 27.0 Å². The van der Waals surface area contributed by atoms with Crippen LogP contribution in [0.25, 0.3) is 11.3 Å². The lowest BCUT2D eigenvalue weighted by atomic mass is 10.2. The van der Waals surface area contributed by atoms with E-state index in [1.54, 1.807) is 21.3 Å². The third-order valence-electron chi connectivity index (χ3n) is 4.65. The van der Waals surface area contributed by atoms with Gasteiger partial charge in [-0.2, -0.15) is 9.40 Å². The first kappa shape index (κ1) is 17.3. The van der Waals surface area contributed by atoms with E-state index in [2.05, 4.69) is 22.1 Å². The van der Waals surface area contributed by atoms with Crippen LogP contribution >= 0.6 is 11.3 Å². The Bertz CT molecular complexity index is 987. The molecule has 0 amide bonds. The van der Waals surface area contributed by atoms with E-state index in [1.165, 1.54) is 11.3 Å². The minimum Gasteiger partial charge on any atom is -0.369 e. The molecule has 1 aromatic carbocycles. The predicted octanol–water partition coefficient (Wildman–Crippen LogP) is 2.66. The molecule has 3 aromatic rings. The molecule has 1 fully saturated rings. The lowest BCUT2D eigenvalue weighted by Crippen LogP contribution is -2.48. The van der Waals surface area contributed by atoms with Crippen molar-refractivity contribution in [1.29, 1.82) is 0 Å². The van der Waals surface area contributed by atoms with Crippen molar-refractivity contribution in [3.8, 4) is 11.3 Å². The average molecular weight is 389 g/mol. The number of piperazine rings is 1. The molecule has 1 aliphatic heterocycles. The molecule has 6 nitrogen and oxygen atoms in total. The summed E-state index contributed by atoms with van der Waals surface area (Å²) in [6, 6.07) is 13.7. The molecule has 3 heterocycles. The van der Waals surface area contributed by atoms with Crippen LogP contribution in [0.2, 0.25) is 0 Å². The number of anilines is 1. The number of hydrogen-bond acceptors (Lipinski definition) is 5. The second-order valence-corrected chi connectivity index (χ2v) is 9.30. The molecule has 0 radical (unpaired) electrons. The lowest BCUT2D eigenvalue weighted by molar-refractivity contribution is 0.386. The van der Waals surface area contributed by atoms with Gasteiger partial charge in [-0.3, -0.25) is 4.68 Å². The van der Waals surface area contributed by atoms with Gasteiger partial charge in [0.25, 0.3) is 10.0 Å². The largest absolute Gasteiger partial charge is 0.369 e. The molecule has 0 atom stereocenters. The van der Waals surface area contributed by atoms with Crippen LogP contribution in [-0.2, 0) is 17.1 Å². The summed E-state index contributed by atoms with van der Waals surface area (Å²) >= 11 is 1.27. The quantitative estimate of drug-likeness (QED) is 0.689. The molecular weight excluding hydrogens is 368 g/mol. The van der Waals surface area contributed by atoms with Crippen LogP contribution in [0.15, 0.2) is 58.3 Å². The van der Waals surface area contributed by atoms with Crippen molar-refractivity contribution in [2.45, 2.75) is 4.21 Å². The summed E-state index contributed by atoms with van der Waals surface area (Å²) in [6.07, 6.45) is 1.71. The summed E-state index contributed by atoms with van der Waals surface area (Å²) in [6.45, 7) is 2.39. The molecular formula is C18H20N4O2S2. The molecule has 0 unspecified atom stereocenters. The molecule has 26 heavy (non-hydrogen) atoms. The fourth-order valence-corrected chi connectivity index (χ4v) is 5.94. The summed E-state index contributed by atoms with van der Waals surface area (Å²) in [5.74, 6) is 0. The van der Waals surface area contributed by atoms with Crippen LogP contribution in [-0.4, -0.2) is 48.7 Å². The van der Waals surface area contributed by atoms with Crippen LogP contribution in [0, 0.1) is 0 Å². The molecule has 8 heteroatoms. The lowest BCUT2D eigenvalue weighted by Gasteiger charge is -2.35. The Labute approximate surface area is 157 Å². The summed E-state index contributed by atoms with van der Waals surface area (Å²) in [5, 5.41) is 6.03. The van der Waals surface area contributed by atoms with Crippen molar-refractivity contribution in [2.75, 3.05) is 31.1 Å². The Kier molecular flexibility index (Phi) is 4.56. The van der Waals surface area contributed by atoms with Gasteiger partial charge in [0, 0.05) is 56.1 Å². The SMILES string of the molecule is Cn1nccc1-c1csc(S(=O)(=O)N2CCN(c3ccccc3)CC2)c1. The number of aryl methyl sites for hydroxylation is 1. The highest BCUT2D eigenvalue weighted by molar-refractivity contribution is 7.91. The molecule has 0 aliphatic carbocycles. The van der Waals surface area contributed by atoms with Crippen LogP contribution < -0.4 is 4.90 Å².